The van der Waals surface area contributed by atoms with E-state index in [2.05, 4.69) is 12.2 Å². The maximum Gasteiger partial charge on any atom is 0.326 e. The smallest absolute Gasteiger partial charge is 0.326 e. The Balaban J connectivity index is 2.71. The number of carbonyl (C=O) groups excluding carboxylic acids is 1. The van der Waals surface area contributed by atoms with Crippen molar-refractivity contribution >= 4 is 12.0 Å². The van der Waals surface area contributed by atoms with Gasteiger partial charge in [0.1, 0.15) is 6.04 Å². The van der Waals surface area contributed by atoms with Gasteiger partial charge < -0.3 is 15.3 Å². The SMILES string of the molecule is CC1CCCCC1N(C)C(=O)N[C@H](C(=O)O)C(C)(C)C. The Labute approximate surface area is 121 Å². The molecule has 0 radical (unpaired) electrons. The fourth-order valence-electron chi connectivity index (χ4n) is 2.90. The first-order valence-corrected chi connectivity index (χ1v) is 7.40. The molecule has 0 aromatic rings. The van der Waals surface area contributed by atoms with Crippen molar-refractivity contribution in [3.8, 4) is 0 Å². The number of amides is 2. The summed E-state index contributed by atoms with van der Waals surface area (Å²) in [7, 11) is 1.77. The van der Waals surface area contributed by atoms with Crippen LogP contribution < -0.4 is 5.32 Å². The number of aliphatic carboxylic acids is 1. The lowest BCUT2D eigenvalue weighted by atomic mass is 9.85. The Hall–Kier alpha value is -1.26. The Morgan fingerprint density at radius 1 is 1.25 bits per heavy atom. The fraction of sp³-hybridized carbons (Fsp3) is 0.867. The summed E-state index contributed by atoms with van der Waals surface area (Å²) in [5, 5.41) is 11.9. The molecule has 1 fully saturated rings. The van der Waals surface area contributed by atoms with Crippen molar-refractivity contribution in [1.82, 2.24) is 10.2 Å². The van der Waals surface area contributed by atoms with E-state index in [-0.39, 0.29) is 12.1 Å². The van der Waals surface area contributed by atoms with Crippen LogP contribution in [0.4, 0.5) is 4.79 Å². The highest BCUT2D eigenvalue weighted by molar-refractivity contribution is 5.83. The minimum absolute atomic E-state index is 0.207. The van der Waals surface area contributed by atoms with E-state index in [4.69, 9.17) is 0 Å². The van der Waals surface area contributed by atoms with Gasteiger partial charge in [0.05, 0.1) is 0 Å². The van der Waals surface area contributed by atoms with Crippen molar-refractivity contribution in [2.45, 2.75) is 65.5 Å². The molecule has 2 unspecified atom stereocenters. The number of carbonyl (C=O) groups is 2. The zero-order chi connectivity index (χ0) is 15.5. The van der Waals surface area contributed by atoms with Crippen molar-refractivity contribution in [1.29, 1.82) is 0 Å². The van der Waals surface area contributed by atoms with Crippen molar-refractivity contribution in [3.63, 3.8) is 0 Å². The molecule has 2 N–H and O–H groups in total. The van der Waals surface area contributed by atoms with Crippen LogP contribution in [0.25, 0.3) is 0 Å². The van der Waals surface area contributed by atoms with Gasteiger partial charge in [0.2, 0.25) is 0 Å². The first-order chi connectivity index (χ1) is 9.14. The number of nitrogens with one attached hydrogen (secondary N) is 1. The molecular weight excluding hydrogens is 256 g/mol. The monoisotopic (exact) mass is 284 g/mol. The molecule has 5 heteroatoms. The topological polar surface area (TPSA) is 69.6 Å². The van der Waals surface area contributed by atoms with Crippen LogP contribution in [0.1, 0.15) is 53.4 Å². The van der Waals surface area contributed by atoms with E-state index in [1.165, 1.54) is 6.42 Å². The van der Waals surface area contributed by atoms with Gasteiger partial charge in [-0.1, -0.05) is 40.5 Å². The first kappa shape index (κ1) is 16.8. The Kier molecular flexibility index (Phi) is 5.42. The van der Waals surface area contributed by atoms with Gasteiger partial charge in [-0.25, -0.2) is 9.59 Å². The molecule has 20 heavy (non-hydrogen) atoms. The van der Waals surface area contributed by atoms with Crippen LogP contribution in [0.5, 0.6) is 0 Å². The maximum absolute atomic E-state index is 12.3. The quantitative estimate of drug-likeness (QED) is 0.837. The molecule has 0 aromatic carbocycles. The largest absolute Gasteiger partial charge is 0.480 e. The van der Waals surface area contributed by atoms with Gasteiger partial charge in [-0.05, 0) is 24.2 Å². The van der Waals surface area contributed by atoms with Crippen LogP contribution in [0.15, 0.2) is 0 Å². The second-order valence-corrected chi connectivity index (χ2v) is 7.03. The van der Waals surface area contributed by atoms with E-state index >= 15 is 0 Å². The van der Waals surface area contributed by atoms with Crippen molar-refractivity contribution in [2.75, 3.05) is 7.05 Å². The van der Waals surface area contributed by atoms with Crippen LogP contribution >= 0.6 is 0 Å². The molecule has 0 spiro atoms. The molecule has 3 atom stereocenters. The lowest BCUT2D eigenvalue weighted by Gasteiger charge is -2.38. The third-order valence-corrected chi connectivity index (χ3v) is 4.26. The van der Waals surface area contributed by atoms with Crippen molar-refractivity contribution < 1.29 is 14.7 Å². The summed E-state index contributed by atoms with van der Waals surface area (Å²) in [5.41, 5.74) is -0.513. The molecule has 116 valence electrons. The van der Waals surface area contributed by atoms with Crippen LogP contribution in [0.3, 0.4) is 0 Å². The minimum atomic E-state index is -0.990. The summed E-state index contributed by atoms with van der Waals surface area (Å²) in [4.78, 5) is 25.3. The van der Waals surface area contributed by atoms with E-state index in [0.717, 1.165) is 19.3 Å². The second kappa shape index (κ2) is 6.46. The molecule has 1 aliphatic carbocycles. The molecule has 2 amide bonds. The minimum Gasteiger partial charge on any atom is -0.480 e. The van der Waals surface area contributed by atoms with E-state index < -0.39 is 17.4 Å². The molecule has 1 saturated carbocycles. The Bertz CT molecular complexity index is 363. The van der Waals surface area contributed by atoms with Crippen LogP contribution in [0.2, 0.25) is 0 Å². The van der Waals surface area contributed by atoms with E-state index in [9.17, 15) is 14.7 Å². The number of carboxylic acids is 1. The van der Waals surface area contributed by atoms with Crippen molar-refractivity contribution in [2.24, 2.45) is 11.3 Å². The van der Waals surface area contributed by atoms with Gasteiger partial charge in [-0.2, -0.15) is 0 Å². The van der Waals surface area contributed by atoms with E-state index in [0.29, 0.717) is 5.92 Å². The predicted octanol–water partition coefficient (Wildman–Crippen LogP) is 2.71. The molecule has 0 bridgehead atoms. The van der Waals surface area contributed by atoms with Gasteiger partial charge in [-0.3, -0.25) is 0 Å². The molecule has 1 aliphatic rings. The Morgan fingerprint density at radius 2 is 1.80 bits per heavy atom. The molecular formula is C15H28N2O3. The molecule has 0 heterocycles. The molecule has 0 saturated heterocycles. The number of carboxylic acid groups (broad SMARTS) is 1. The average molecular weight is 284 g/mol. The van der Waals surface area contributed by atoms with Crippen LogP contribution in [-0.2, 0) is 4.79 Å². The zero-order valence-electron chi connectivity index (χ0n) is 13.3. The highest BCUT2D eigenvalue weighted by Gasteiger charge is 2.35. The maximum atomic E-state index is 12.3. The molecule has 5 nitrogen and oxygen atoms in total. The van der Waals surface area contributed by atoms with Gasteiger partial charge >= 0.3 is 12.0 Å². The molecule has 0 aliphatic heterocycles. The van der Waals surface area contributed by atoms with Gasteiger partial charge in [0.15, 0.2) is 0 Å². The number of rotatable bonds is 3. The van der Waals surface area contributed by atoms with Crippen LogP contribution in [0, 0.1) is 11.3 Å². The summed E-state index contributed by atoms with van der Waals surface area (Å²) in [5.74, 6) is -0.520. The normalized spacial score (nSPS) is 24.9. The van der Waals surface area contributed by atoms with Gasteiger partial charge in [0.25, 0.3) is 0 Å². The van der Waals surface area contributed by atoms with Gasteiger partial charge in [0, 0.05) is 13.1 Å². The standard InChI is InChI=1S/C15H28N2O3/c1-10-8-6-7-9-11(10)17(5)14(20)16-12(13(18)19)15(2,3)4/h10-12H,6-9H2,1-5H3,(H,16,20)(H,18,19)/t10?,11?,12-/m1/s1. The highest BCUT2D eigenvalue weighted by Crippen LogP contribution is 2.27. The van der Waals surface area contributed by atoms with Crippen LogP contribution in [-0.4, -0.2) is 41.1 Å². The summed E-state index contributed by atoms with van der Waals surface area (Å²) >= 11 is 0. The fourth-order valence-corrected chi connectivity index (χ4v) is 2.90. The Morgan fingerprint density at radius 3 is 2.25 bits per heavy atom. The van der Waals surface area contributed by atoms with Crippen molar-refractivity contribution in [3.05, 3.63) is 0 Å². The number of hydrogen-bond acceptors (Lipinski definition) is 2. The predicted molar refractivity (Wildman–Crippen MR) is 78.6 cm³/mol. The number of nitrogens with zero attached hydrogens (tertiary/aromatic N) is 1. The average Bonchev–Trinajstić information content (AvgIpc) is 2.33. The molecule has 1 rings (SSSR count). The summed E-state index contributed by atoms with van der Waals surface area (Å²) in [6.45, 7) is 7.60. The third-order valence-electron chi connectivity index (χ3n) is 4.26. The van der Waals surface area contributed by atoms with Gasteiger partial charge in [-0.15, -0.1) is 0 Å². The third kappa shape index (κ3) is 4.12. The lowest BCUT2D eigenvalue weighted by molar-refractivity contribution is -0.142. The van der Waals surface area contributed by atoms with E-state index in [1.54, 1.807) is 11.9 Å². The zero-order valence-corrected chi connectivity index (χ0v) is 13.3. The summed E-state index contributed by atoms with van der Waals surface area (Å²) in [6, 6.07) is -0.958. The second-order valence-electron chi connectivity index (χ2n) is 7.03. The number of urea groups is 1. The lowest BCUT2D eigenvalue weighted by Crippen LogP contribution is -2.55. The molecule has 0 aromatic heterocycles. The highest BCUT2D eigenvalue weighted by atomic mass is 16.4. The summed E-state index contributed by atoms with van der Waals surface area (Å²) < 4.78 is 0. The first-order valence-electron chi connectivity index (χ1n) is 7.40. The summed E-state index contributed by atoms with van der Waals surface area (Å²) in [6.07, 6.45) is 4.48. The number of hydrogen-bond donors (Lipinski definition) is 2. The van der Waals surface area contributed by atoms with E-state index in [1.807, 2.05) is 20.8 Å².